The van der Waals surface area contributed by atoms with Crippen LogP contribution in [0, 0.1) is 12.7 Å². The Morgan fingerprint density at radius 2 is 1.88 bits per heavy atom. The number of thiazole rings is 1. The molecular formula is C25H29FN6S. The van der Waals surface area contributed by atoms with Gasteiger partial charge in [0.2, 0.25) is 0 Å². The van der Waals surface area contributed by atoms with Crippen LogP contribution in [0.1, 0.15) is 19.4 Å². The van der Waals surface area contributed by atoms with Gasteiger partial charge < -0.3 is 15.1 Å². The second-order valence-corrected chi connectivity index (χ2v) is 9.14. The summed E-state index contributed by atoms with van der Waals surface area (Å²) in [5, 5.41) is 12.5. The standard InChI is InChI=1S/C25H29FN6S/c1-4-31(25-28-22(16-33-25)18-6-8-19(26)9-7-18)24-21-15-20(30-12-10-27-11-13-30)14-17(3)23(21)29-32(24)5-2/h6-9,14-16,27H,4-5,10-13H2,1-3H3. The summed E-state index contributed by atoms with van der Waals surface area (Å²) in [5.41, 5.74) is 5.26. The first-order valence-corrected chi connectivity index (χ1v) is 12.4. The van der Waals surface area contributed by atoms with Gasteiger partial charge in [0, 0.05) is 61.3 Å². The van der Waals surface area contributed by atoms with Crippen LogP contribution in [0.5, 0.6) is 0 Å². The van der Waals surface area contributed by atoms with Gasteiger partial charge >= 0.3 is 0 Å². The summed E-state index contributed by atoms with van der Waals surface area (Å²) in [6.45, 7) is 12.0. The molecule has 0 bridgehead atoms. The van der Waals surface area contributed by atoms with E-state index >= 15 is 0 Å². The second-order valence-electron chi connectivity index (χ2n) is 8.30. The van der Waals surface area contributed by atoms with E-state index in [0.29, 0.717) is 0 Å². The predicted molar refractivity (Wildman–Crippen MR) is 135 cm³/mol. The Morgan fingerprint density at radius 3 is 2.58 bits per heavy atom. The normalized spacial score (nSPS) is 14.2. The third-order valence-electron chi connectivity index (χ3n) is 6.21. The van der Waals surface area contributed by atoms with Crippen LogP contribution in [-0.4, -0.2) is 47.5 Å². The SMILES string of the molecule is CCN(c1nc(-c2ccc(F)cc2)cs1)c1c2cc(N3CCNCC3)cc(C)c2nn1CC. The number of anilines is 3. The average molecular weight is 465 g/mol. The van der Waals surface area contributed by atoms with E-state index in [0.717, 1.165) is 72.4 Å². The first-order chi connectivity index (χ1) is 16.1. The largest absolute Gasteiger partial charge is 0.369 e. The van der Waals surface area contributed by atoms with Gasteiger partial charge in [-0.1, -0.05) is 0 Å². The molecule has 8 heteroatoms. The second kappa shape index (κ2) is 9.11. The first kappa shape index (κ1) is 21.9. The van der Waals surface area contributed by atoms with Gasteiger partial charge in [-0.2, -0.15) is 5.10 Å². The number of hydrogen-bond donors (Lipinski definition) is 1. The van der Waals surface area contributed by atoms with Gasteiger partial charge in [-0.15, -0.1) is 11.3 Å². The Hall–Kier alpha value is -2.97. The van der Waals surface area contributed by atoms with Gasteiger partial charge in [0.1, 0.15) is 11.6 Å². The number of rotatable bonds is 6. The predicted octanol–water partition coefficient (Wildman–Crippen LogP) is 5.19. The molecule has 3 heterocycles. The summed E-state index contributed by atoms with van der Waals surface area (Å²) in [7, 11) is 0. The summed E-state index contributed by atoms with van der Waals surface area (Å²) >= 11 is 1.60. The van der Waals surface area contributed by atoms with Gasteiger partial charge in [-0.25, -0.2) is 14.1 Å². The molecule has 0 atom stereocenters. The third-order valence-corrected chi connectivity index (χ3v) is 7.07. The monoisotopic (exact) mass is 464 g/mol. The van der Waals surface area contributed by atoms with Crippen LogP contribution in [0.4, 0.5) is 21.0 Å². The van der Waals surface area contributed by atoms with Crippen molar-refractivity contribution >= 4 is 38.9 Å². The molecule has 4 aromatic rings. The average Bonchev–Trinajstić information content (AvgIpc) is 3.47. The van der Waals surface area contributed by atoms with E-state index in [1.165, 1.54) is 23.4 Å². The molecule has 2 aromatic heterocycles. The van der Waals surface area contributed by atoms with Crippen LogP contribution in [-0.2, 0) is 6.54 Å². The molecule has 1 saturated heterocycles. The first-order valence-electron chi connectivity index (χ1n) is 11.5. The van der Waals surface area contributed by atoms with Crippen LogP contribution < -0.4 is 15.1 Å². The van der Waals surface area contributed by atoms with Gasteiger partial charge in [0.05, 0.1) is 11.2 Å². The molecule has 33 heavy (non-hydrogen) atoms. The third kappa shape index (κ3) is 4.09. The lowest BCUT2D eigenvalue weighted by molar-refractivity contribution is 0.589. The zero-order valence-electron chi connectivity index (χ0n) is 19.3. The maximum absolute atomic E-state index is 13.4. The lowest BCUT2D eigenvalue weighted by Gasteiger charge is -2.30. The summed E-state index contributed by atoms with van der Waals surface area (Å²) in [6, 6.07) is 11.1. The Balaban J connectivity index is 1.59. The molecule has 0 spiro atoms. The van der Waals surface area contributed by atoms with Crippen molar-refractivity contribution in [3.05, 3.63) is 53.2 Å². The van der Waals surface area contributed by atoms with Crippen molar-refractivity contribution in [2.45, 2.75) is 27.3 Å². The lowest BCUT2D eigenvalue weighted by Crippen LogP contribution is -2.43. The molecule has 0 radical (unpaired) electrons. The molecule has 1 N–H and O–H groups in total. The van der Waals surface area contributed by atoms with Gasteiger partial charge in [0.15, 0.2) is 5.13 Å². The number of hydrogen-bond acceptors (Lipinski definition) is 6. The van der Waals surface area contributed by atoms with Crippen molar-refractivity contribution in [3.63, 3.8) is 0 Å². The number of halogens is 1. The number of benzene rings is 2. The summed E-state index contributed by atoms with van der Waals surface area (Å²) in [4.78, 5) is 9.61. The van der Waals surface area contributed by atoms with Crippen molar-refractivity contribution in [2.24, 2.45) is 0 Å². The summed E-state index contributed by atoms with van der Waals surface area (Å²) in [5.74, 6) is 0.841. The van der Waals surface area contributed by atoms with E-state index in [4.69, 9.17) is 10.1 Å². The van der Waals surface area contributed by atoms with Crippen molar-refractivity contribution in [1.29, 1.82) is 0 Å². The van der Waals surface area contributed by atoms with Crippen LogP contribution in [0.25, 0.3) is 22.2 Å². The fraction of sp³-hybridized carbons (Fsp3) is 0.360. The number of nitrogens with zero attached hydrogens (tertiary/aromatic N) is 5. The van der Waals surface area contributed by atoms with Gasteiger partial charge in [-0.05, 0) is 62.7 Å². The van der Waals surface area contributed by atoms with Crippen molar-refractivity contribution in [1.82, 2.24) is 20.1 Å². The highest BCUT2D eigenvalue weighted by Gasteiger charge is 2.23. The van der Waals surface area contributed by atoms with E-state index < -0.39 is 0 Å². The molecule has 1 fully saturated rings. The minimum Gasteiger partial charge on any atom is -0.369 e. The summed E-state index contributed by atoms with van der Waals surface area (Å²) in [6.07, 6.45) is 0. The molecular weight excluding hydrogens is 435 g/mol. The highest BCUT2D eigenvalue weighted by Crippen LogP contribution is 2.38. The highest BCUT2D eigenvalue weighted by atomic mass is 32.1. The van der Waals surface area contributed by atoms with Crippen molar-refractivity contribution in [2.75, 3.05) is 42.5 Å². The Labute approximate surface area is 197 Å². The molecule has 1 aliphatic rings. The molecule has 0 aliphatic carbocycles. The van der Waals surface area contributed by atoms with Crippen LogP contribution in [0.15, 0.2) is 41.8 Å². The van der Waals surface area contributed by atoms with E-state index in [-0.39, 0.29) is 5.82 Å². The molecule has 6 nitrogen and oxygen atoms in total. The maximum Gasteiger partial charge on any atom is 0.191 e. The van der Waals surface area contributed by atoms with E-state index in [1.807, 2.05) is 5.38 Å². The topological polar surface area (TPSA) is 49.2 Å². The quantitative estimate of drug-likeness (QED) is 0.425. The Bertz CT molecular complexity index is 1260. The van der Waals surface area contributed by atoms with Crippen molar-refractivity contribution < 1.29 is 4.39 Å². The number of piperazine rings is 1. The molecule has 1 aliphatic heterocycles. The minimum atomic E-state index is -0.238. The highest BCUT2D eigenvalue weighted by molar-refractivity contribution is 7.14. The van der Waals surface area contributed by atoms with Gasteiger partial charge in [-0.3, -0.25) is 0 Å². The van der Waals surface area contributed by atoms with E-state index in [1.54, 1.807) is 23.5 Å². The minimum absolute atomic E-state index is 0.238. The number of aryl methyl sites for hydroxylation is 2. The maximum atomic E-state index is 13.4. The fourth-order valence-corrected chi connectivity index (χ4v) is 5.40. The van der Waals surface area contributed by atoms with Crippen molar-refractivity contribution in [3.8, 4) is 11.3 Å². The van der Waals surface area contributed by atoms with E-state index in [2.05, 4.69) is 52.7 Å². The van der Waals surface area contributed by atoms with Gasteiger partial charge in [0.25, 0.3) is 0 Å². The molecule has 0 amide bonds. The number of fused-ring (bicyclic) bond motifs is 1. The molecule has 0 saturated carbocycles. The zero-order chi connectivity index (χ0) is 22.9. The number of aromatic nitrogens is 3. The lowest BCUT2D eigenvalue weighted by atomic mass is 10.1. The van der Waals surface area contributed by atoms with Crippen LogP contribution in [0.2, 0.25) is 0 Å². The zero-order valence-corrected chi connectivity index (χ0v) is 20.1. The smallest absolute Gasteiger partial charge is 0.191 e. The fourth-order valence-electron chi connectivity index (χ4n) is 4.50. The van der Waals surface area contributed by atoms with Crippen LogP contribution >= 0.6 is 11.3 Å². The summed E-state index contributed by atoms with van der Waals surface area (Å²) < 4.78 is 15.5. The van der Waals surface area contributed by atoms with E-state index in [9.17, 15) is 4.39 Å². The van der Waals surface area contributed by atoms with Crippen LogP contribution in [0.3, 0.4) is 0 Å². The Morgan fingerprint density at radius 1 is 1.12 bits per heavy atom. The molecule has 0 unspecified atom stereocenters. The number of nitrogens with one attached hydrogen (secondary N) is 1. The molecule has 172 valence electrons. The molecule has 2 aromatic carbocycles. The Kier molecular flexibility index (Phi) is 6.03. The molecule has 5 rings (SSSR count).